The molecule has 0 saturated heterocycles. The average Bonchev–Trinajstić information content (AvgIpc) is 2.69. The number of hydrogen-bond donors (Lipinski definition) is 2. The second-order valence-corrected chi connectivity index (χ2v) is 7.84. The molecular weight excluding hydrogens is 417 g/mol. The van der Waals surface area contributed by atoms with Crippen molar-refractivity contribution in [2.45, 2.75) is 12.3 Å². The van der Waals surface area contributed by atoms with Crippen LogP contribution in [-0.4, -0.2) is 17.6 Å². The van der Waals surface area contributed by atoms with Gasteiger partial charge in [0.2, 0.25) is 11.8 Å². The minimum atomic E-state index is -0.319. The number of carbonyl (C=O) groups is 2. The quantitative estimate of drug-likeness (QED) is 0.718. The molecule has 2 aromatic carbocycles. The Kier molecular flexibility index (Phi) is 6.63. The number of rotatable bonds is 5. The SMILES string of the molecule is N#CC1=C(SCC(=O)Nc2ccc(Cl)c(Cl)c2)NC(=O)CC1c1ccccc1. The largest absolute Gasteiger partial charge is 0.325 e. The van der Waals surface area contributed by atoms with Gasteiger partial charge in [-0.3, -0.25) is 9.59 Å². The van der Waals surface area contributed by atoms with E-state index in [1.54, 1.807) is 18.2 Å². The van der Waals surface area contributed by atoms with Crippen LogP contribution in [0.25, 0.3) is 0 Å². The zero-order valence-electron chi connectivity index (χ0n) is 14.5. The van der Waals surface area contributed by atoms with E-state index in [1.165, 1.54) is 0 Å². The Morgan fingerprint density at radius 2 is 1.96 bits per heavy atom. The first kappa shape index (κ1) is 20.3. The van der Waals surface area contributed by atoms with Gasteiger partial charge < -0.3 is 10.6 Å². The molecule has 1 aliphatic heterocycles. The summed E-state index contributed by atoms with van der Waals surface area (Å²) in [6.07, 6.45) is 0.201. The first-order valence-electron chi connectivity index (χ1n) is 8.34. The van der Waals surface area contributed by atoms with Crippen LogP contribution in [0.3, 0.4) is 0 Å². The van der Waals surface area contributed by atoms with Gasteiger partial charge in [-0.05, 0) is 23.8 Å². The van der Waals surface area contributed by atoms with Crippen molar-refractivity contribution in [2.75, 3.05) is 11.1 Å². The lowest BCUT2D eigenvalue weighted by Gasteiger charge is -2.25. The molecule has 0 radical (unpaired) electrons. The molecule has 1 heterocycles. The Labute approximate surface area is 176 Å². The summed E-state index contributed by atoms with van der Waals surface area (Å²) in [6.45, 7) is 0. The Bertz CT molecular complexity index is 987. The van der Waals surface area contributed by atoms with E-state index >= 15 is 0 Å². The van der Waals surface area contributed by atoms with Gasteiger partial charge in [0.1, 0.15) is 0 Å². The fourth-order valence-electron chi connectivity index (χ4n) is 2.81. The Morgan fingerprint density at radius 1 is 1.21 bits per heavy atom. The lowest BCUT2D eigenvalue weighted by molar-refractivity contribution is -0.121. The van der Waals surface area contributed by atoms with Crippen molar-refractivity contribution >= 4 is 52.5 Å². The maximum atomic E-state index is 12.3. The Hall–Kier alpha value is -2.46. The molecule has 2 amide bonds. The molecule has 0 aromatic heterocycles. The summed E-state index contributed by atoms with van der Waals surface area (Å²) in [7, 11) is 0. The molecule has 2 aromatic rings. The molecule has 1 aliphatic rings. The highest BCUT2D eigenvalue weighted by molar-refractivity contribution is 8.03. The number of thioether (sulfide) groups is 1. The number of nitriles is 1. The number of nitrogens with zero attached hydrogens (tertiary/aromatic N) is 1. The minimum absolute atomic E-state index is 0.0303. The highest BCUT2D eigenvalue weighted by Gasteiger charge is 2.29. The van der Waals surface area contributed by atoms with E-state index in [0.29, 0.717) is 26.3 Å². The first-order valence-corrected chi connectivity index (χ1v) is 10.1. The third-order valence-corrected chi connectivity index (χ3v) is 5.87. The number of halogens is 2. The zero-order valence-corrected chi connectivity index (χ0v) is 16.9. The molecule has 0 aliphatic carbocycles. The highest BCUT2D eigenvalue weighted by Crippen LogP contribution is 2.35. The summed E-state index contributed by atoms with van der Waals surface area (Å²) >= 11 is 12.9. The molecule has 0 fully saturated rings. The van der Waals surface area contributed by atoms with Crippen molar-refractivity contribution < 1.29 is 9.59 Å². The van der Waals surface area contributed by atoms with Crippen LogP contribution >= 0.6 is 35.0 Å². The number of nitrogens with one attached hydrogen (secondary N) is 2. The molecule has 28 heavy (non-hydrogen) atoms. The summed E-state index contributed by atoms with van der Waals surface area (Å²) in [4.78, 5) is 24.4. The second kappa shape index (κ2) is 9.16. The second-order valence-electron chi connectivity index (χ2n) is 6.04. The van der Waals surface area contributed by atoms with Gasteiger partial charge in [-0.2, -0.15) is 5.26 Å². The summed E-state index contributed by atoms with van der Waals surface area (Å²) in [5, 5.41) is 16.2. The van der Waals surface area contributed by atoms with Gasteiger partial charge in [0.25, 0.3) is 0 Å². The molecule has 1 atom stereocenters. The van der Waals surface area contributed by atoms with Gasteiger partial charge in [-0.15, -0.1) is 0 Å². The smallest absolute Gasteiger partial charge is 0.234 e. The Morgan fingerprint density at radius 3 is 2.64 bits per heavy atom. The van der Waals surface area contributed by atoms with Crippen molar-refractivity contribution in [3.05, 3.63) is 74.7 Å². The van der Waals surface area contributed by atoms with E-state index in [0.717, 1.165) is 17.3 Å². The monoisotopic (exact) mass is 431 g/mol. The van der Waals surface area contributed by atoms with Crippen LogP contribution in [0.1, 0.15) is 17.9 Å². The van der Waals surface area contributed by atoms with E-state index < -0.39 is 0 Å². The predicted octanol–water partition coefficient (Wildman–Crippen LogP) is 4.70. The van der Waals surface area contributed by atoms with Crippen molar-refractivity contribution in [3.8, 4) is 6.07 Å². The molecule has 8 heteroatoms. The van der Waals surface area contributed by atoms with Crippen LogP contribution in [0, 0.1) is 11.3 Å². The van der Waals surface area contributed by atoms with Crippen LogP contribution in [-0.2, 0) is 9.59 Å². The van der Waals surface area contributed by atoms with E-state index in [-0.39, 0.29) is 29.9 Å². The van der Waals surface area contributed by atoms with Crippen molar-refractivity contribution in [2.24, 2.45) is 0 Å². The molecular formula is C20H15Cl2N3O2S. The maximum absolute atomic E-state index is 12.3. The molecule has 5 nitrogen and oxygen atoms in total. The van der Waals surface area contributed by atoms with E-state index in [1.807, 2.05) is 30.3 Å². The number of anilines is 1. The maximum Gasteiger partial charge on any atom is 0.234 e. The molecule has 0 saturated carbocycles. The Balaban J connectivity index is 1.73. The van der Waals surface area contributed by atoms with Gasteiger partial charge >= 0.3 is 0 Å². The fourth-order valence-corrected chi connectivity index (χ4v) is 3.99. The average molecular weight is 432 g/mol. The van der Waals surface area contributed by atoms with Crippen LogP contribution in [0.2, 0.25) is 10.0 Å². The van der Waals surface area contributed by atoms with Gasteiger partial charge in [0.15, 0.2) is 0 Å². The number of hydrogen-bond acceptors (Lipinski definition) is 4. The van der Waals surface area contributed by atoms with E-state index in [9.17, 15) is 14.9 Å². The summed E-state index contributed by atoms with van der Waals surface area (Å²) < 4.78 is 0. The number of benzene rings is 2. The third kappa shape index (κ3) is 4.87. The summed E-state index contributed by atoms with van der Waals surface area (Å²) in [5.41, 5.74) is 1.87. The van der Waals surface area contributed by atoms with Crippen molar-refractivity contribution in [1.82, 2.24) is 5.32 Å². The van der Waals surface area contributed by atoms with Crippen LogP contribution in [0.15, 0.2) is 59.1 Å². The lowest BCUT2D eigenvalue weighted by atomic mass is 9.87. The third-order valence-electron chi connectivity index (χ3n) is 4.11. The van der Waals surface area contributed by atoms with Gasteiger partial charge in [-0.1, -0.05) is 65.3 Å². The van der Waals surface area contributed by atoms with Gasteiger partial charge in [-0.25, -0.2) is 0 Å². The number of allylic oxidation sites excluding steroid dienone is 1. The standard InChI is InChI=1S/C20H15Cl2N3O2S/c21-16-7-6-13(8-17(16)22)24-19(27)11-28-20-15(10-23)14(9-18(26)25-20)12-4-2-1-3-5-12/h1-8,14H,9,11H2,(H,24,27)(H,25,26). The summed E-state index contributed by atoms with van der Waals surface area (Å²) in [5.74, 6) is -0.757. The zero-order chi connectivity index (χ0) is 20.1. The van der Waals surface area contributed by atoms with Gasteiger partial charge in [0, 0.05) is 18.0 Å². The molecule has 142 valence electrons. The van der Waals surface area contributed by atoms with E-state index in [2.05, 4.69) is 16.7 Å². The first-order chi connectivity index (χ1) is 13.5. The van der Waals surface area contributed by atoms with Crippen molar-refractivity contribution in [3.63, 3.8) is 0 Å². The summed E-state index contributed by atoms with van der Waals surface area (Å²) in [6, 6.07) is 16.4. The predicted molar refractivity (Wildman–Crippen MR) is 112 cm³/mol. The molecule has 1 unspecified atom stereocenters. The molecule has 0 bridgehead atoms. The van der Waals surface area contributed by atoms with Gasteiger partial charge in [0.05, 0.1) is 32.5 Å². The topological polar surface area (TPSA) is 82.0 Å². The van der Waals surface area contributed by atoms with Crippen LogP contribution < -0.4 is 10.6 Å². The van der Waals surface area contributed by atoms with Crippen LogP contribution in [0.5, 0.6) is 0 Å². The number of carbonyl (C=O) groups excluding carboxylic acids is 2. The minimum Gasteiger partial charge on any atom is -0.325 e. The molecule has 3 rings (SSSR count). The van der Waals surface area contributed by atoms with Crippen molar-refractivity contribution in [1.29, 1.82) is 5.26 Å². The fraction of sp³-hybridized carbons (Fsp3) is 0.150. The normalized spacial score (nSPS) is 16.3. The lowest BCUT2D eigenvalue weighted by Crippen LogP contribution is -2.31. The van der Waals surface area contributed by atoms with E-state index in [4.69, 9.17) is 23.2 Å². The molecule has 2 N–H and O–H groups in total. The molecule has 0 spiro atoms. The number of amides is 2. The highest BCUT2D eigenvalue weighted by atomic mass is 35.5. The van der Waals surface area contributed by atoms with Crippen LogP contribution in [0.4, 0.5) is 5.69 Å².